The molecule has 0 radical (unpaired) electrons. The molecule has 1 aromatic heterocycles. The number of halogens is 1. The molecule has 0 unspecified atom stereocenters. The summed E-state index contributed by atoms with van der Waals surface area (Å²) in [6.07, 6.45) is 2.43. The molecule has 0 saturated carbocycles. The number of amides is 3. The average Bonchev–Trinajstić information content (AvgIpc) is 2.94. The summed E-state index contributed by atoms with van der Waals surface area (Å²) in [7, 11) is 1.41. The van der Waals surface area contributed by atoms with Gasteiger partial charge in [-0.1, -0.05) is 0 Å². The lowest BCUT2D eigenvalue weighted by molar-refractivity contribution is 0.0959. The number of hydrogen-bond acceptors (Lipinski definition) is 4. The maximum atomic E-state index is 13.5. The van der Waals surface area contributed by atoms with Gasteiger partial charge in [0.25, 0.3) is 5.91 Å². The molecule has 0 bridgehead atoms. The third-order valence-electron chi connectivity index (χ3n) is 2.99. The van der Waals surface area contributed by atoms with Crippen LogP contribution in [0.1, 0.15) is 20.2 Å². The summed E-state index contributed by atoms with van der Waals surface area (Å²) in [5.74, 6) is -1.19. The van der Waals surface area contributed by atoms with Crippen LogP contribution >= 0.6 is 11.3 Å². The van der Waals surface area contributed by atoms with E-state index in [0.29, 0.717) is 18.7 Å². The Hall–Kier alpha value is -2.48. The molecule has 1 aromatic carbocycles. The van der Waals surface area contributed by atoms with Crippen LogP contribution in [0.3, 0.4) is 0 Å². The molecule has 3 amide bonds. The van der Waals surface area contributed by atoms with Gasteiger partial charge in [0.2, 0.25) is 0 Å². The van der Waals surface area contributed by atoms with E-state index in [9.17, 15) is 14.0 Å². The molecule has 0 spiro atoms. The van der Waals surface area contributed by atoms with E-state index in [4.69, 9.17) is 0 Å². The van der Waals surface area contributed by atoms with Gasteiger partial charge in [-0.3, -0.25) is 4.79 Å². The molecule has 23 heavy (non-hydrogen) atoms. The minimum Gasteiger partial charge on any atom is -0.355 e. The Labute approximate surface area is 137 Å². The number of nitrogens with zero attached hydrogens (tertiary/aromatic N) is 1. The van der Waals surface area contributed by atoms with E-state index < -0.39 is 17.8 Å². The van der Waals surface area contributed by atoms with Crippen molar-refractivity contribution in [1.29, 1.82) is 0 Å². The van der Waals surface area contributed by atoms with Crippen LogP contribution in [0, 0.1) is 12.7 Å². The first-order chi connectivity index (χ1) is 11.0. The smallest absolute Gasteiger partial charge is 0.319 e. The molecule has 0 saturated heterocycles. The summed E-state index contributed by atoms with van der Waals surface area (Å²) in [6, 6.07) is 3.40. The minimum atomic E-state index is -0.644. The van der Waals surface area contributed by atoms with Crippen molar-refractivity contribution in [2.75, 3.05) is 18.9 Å². The zero-order valence-electron chi connectivity index (χ0n) is 12.8. The highest BCUT2D eigenvalue weighted by Crippen LogP contribution is 2.15. The Morgan fingerprint density at radius 3 is 2.78 bits per heavy atom. The molecule has 8 heteroatoms. The summed E-state index contributed by atoms with van der Waals surface area (Å²) < 4.78 is 13.5. The van der Waals surface area contributed by atoms with Gasteiger partial charge in [0.05, 0.1) is 10.6 Å². The van der Waals surface area contributed by atoms with Crippen LogP contribution in [-0.2, 0) is 6.42 Å². The van der Waals surface area contributed by atoms with Crippen molar-refractivity contribution < 1.29 is 14.0 Å². The third-order valence-corrected chi connectivity index (χ3v) is 3.96. The molecule has 3 N–H and O–H groups in total. The van der Waals surface area contributed by atoms with Crippen LogP contribution < -0.4 is 16.0 Å². The molecule has 1 heterocycles. The summed E-state index contributed by atoms with van der Waals surface area (Å²) in [5, 5.41) is 8.55. The van der Waals surface area contributed by atoms with Crippen LogP contribution in [0.2, 0.25) is 0 Å². The van der Waals surface area contributed by atoms with Crippen molar-refractivity contribution in [3.05, 3.63) is 45.7 Å². The predicted molar refractivity (Wildman–Crippen MR) is 87.4 cm³/mol. The van der Waals surface area contributed by atoms with Gasteiger partial charge in [-0.2, -0.15) is 0 Å². The highest BCUT2D eigenvalue weighted by molar-refractivity contribution is 7.11. The summed E-state index contributed by atoms with van der Waals surface area (Å²) in [5.41, 5.74) is 0.219. The van der Waals surface area contributed by atoms with Crippen molar-refractivity contribution in [1.82, 2.24) is 15.6 Å². The van der Waals surface area contributed by atoms with E-state index >= 15 is 0 Å². The second kappa shape index (κ2) is 7.68. The fourth-order valence-corrected chi connectivity index (χ4v) is 2.67. The van der Waals surface area contributed by atoms with Gasteiger partial charge in [0.15, 0.2) is 0 Å². The molecule has 2 rings (SSSR count). The van der Waals surface area contributed by atoms with E-state index in [-0.39, 0.29) is 5.56 Å². The number of aryl methyl sites for hydroxylation is 1. The van der Waals surface area contributed by atoms with Crippen molar-refractivity contribution in [3.63, 3.8) is 0 Å². The molecule has 0 aliphatic carbocycles. The van der Waals surface area contributed by atoms with Gasteiger partial charge in [-0.05, 0) is 25.1 Å². The number of nitrogens with one attached hydrogen (secondary N) is 3. The maximum Gasteiger partial charge on any atom is 0.319 e. The number of thiazole rings is 1. The fraction of sp³-hybridized carbons (Fsp3) is 0.267. The lowest BCUT2D eigenvalue weighted by Crippen LogP contribution is -2.30. The van der Waals surface area contributed by atoms with Crippen LogP contribution in [0.25, 0.3) is 0 Å². The standard InChI is InChI=1S/C15H17FN4O2S/c1-9-8-19-13(23-9)5-6-18-15(22)20-10-3-4-12(16)11(7-10)14(21)17-2/h3-4,7-8H,5-6H2,1-2H3,(H,17,21)(H2,18,20,22). The molecular formula is C15H17FN4O2S. The Kier molecular flexibility index (Phi) is 5.64. The number of anilines is 1. The van der Waals surface area contributed by atoms with Gasteiger partial charge in [0, 0.05) is 36.8 Å². The number of urea groups is 1. The average molecular weight is 336 g/mol. The Morgan fingerprint density at radius 2 is 2.13 bits per heavy atom. The molecule has 6 nitrogen and oxygen atoms in total. The molecule has 0 atom stereocenters. The number of aromatic nitrogens is 1. The summed E-state index contributed by atoms with van der Waals surface area (Å²) in [6.45, 7) is 2.40. The first-order valence-electron chi connectivity index (χ1n) is 6.97. The molecule has 0 aliphatic heterocycles. The van der Waals surface area contributed by atoms with Crippen molar-refractivity contribution in [2.45, 2.75) is 13.3 Å². The largest absolute Gasteiger partial charge is 0.355 e. The molecule has 2 aromatic rings. The zero-order chi connectivity index (χ0) is 16.8. The van der Waals surface area contributed by atoms with E-state index in [1.165, 1.54) is 19.2 Å². The SMILES string of the molecule is CNC(=O)c1cc(NC(=O)NCCc2ncc(C)s2)ccc1F. The van der Waals surface area contributed by atoms with Gasteiger partial charge in [-0.15, -0.1) is 11.3 Å². The fourth-order valence-electron chi connectivity index (χ4n) is 1.89. The zero-order valence-corrected chi connectivity index (χ0v) is 13.6. The van der Waals surface area contributed by atoms with Crippen LogP contribution in [0.5, 0.6) is 0 Å². The maximum absolute atomic E-state index is 13.5. The van der Waals surface area contributed by atoms with Crippen molar-refractivity contribution in [2.24, 2.45) is 0 Å². The normalized spacial score (nSPS) is 10.2. The molecule has 122 valence electrons. The van der Waals surface area contributed by atoms with Crippen LogP contribution in [-0.4, -0.2) is 30.5 Å². The second-order valence-electron chi connectivity index (χ2n) is 4.77. The lowest BCUT2D eigenvalue weighted by Gasteiger charge is -2.09. The minimum absolute atomic E-state index is 0.122. The highest BCUT2D eigenvalue weighted by atomic mass is 32.1. The van der Waals surface area contributed by atoms with E-state index in [2.05, 4.69) is 20.9 Å². The highest BCUT2D eigenvalue weighted by Gasteiger charge is 2.12. The first-order valence-corrected chi connectivity index (χ1v) is 7.79. The Balaban J connectivity index is 1.88. The predicted octanol–water partition coefficient (Wildman–Crippen LogP) is 2.31. The third kappa shape index (κ3) is 4.75. The van der Waals surface area contributed by atoms with Gasteiger partial charge in [-0.25, -0.2) is 14.2 Å². The van der Waals surface area contributed by atoms with E-state index in [1.54, 1.807) is 17.5 Å². The van der Waals surface area contributed by atoms with Gasteiger partial charge >= 0.3 is 6.03 Å². The number of carbonyl (C=O) groups excluding carboxylic acids is 2. The Bertz CT molecular complexity index is 717. The number of rotatable bonds is 5. The van der Waals surface area contributed by atoms with E-state index in [1.807, 2.05) is 6.92 Å². The number of carbonyl (C=O) groups is 2. The van der Waals surface area contributed by atoms with E-state index in [0.717, 1.165) is 16.0 Å². The Morgan fingerprint density at radius 1 is 1.35 bits per heavy atom. The lowest BCUT2D eigenvalue weighted by atomic mass is 10.1. The van der Waals surface area contributed by atoms with Crippen molar-refractivity contribution >= 4 is 29.0 Å². The first kappa shape index (κ1) is 16.9. The molecular weight excluding hydrogens is 319 g/mol. The van der Waals surface area contributed by atoms with Crippen LogP contribution in [0.4, 0.5) is 14.9 Å². The molecule has 0 aliphatic rings. The number of benzene rings is 1. The molecule has 0 fully saturated rings. The summed E-state index contributed by atoms with van der Waals surface area (Å²) in [4.78, 5) is 28.7. The second-order valence-corrected chi connectivity index (χ2v) is 6.09. The van der Waals surface area contributed by atoms with Crippen molar-refractivity contribution in [3.8, 4) is 0 Å². The quantitative estimate of drug-likeness (QED) is 0.783. The topological polar surface area (TPSA) is 83.1 Å². The summed E-state index contributed by atoms with van der Waals surface area (Å²) >= 11 is 1.58. The number of hydrogen-bond donors (Lipinski definition) is 3. The van der Waals surface area contributed by atoms with Gasteiger partial charge < -0.3 is 16.0 Å². The van der Waals surface area contributed by atoms with Gasteiger partial charge in [0.1, 0.15) is 5.82 Å². The van der Waals surface area contributed by atoms with Crippen LogP contribution in [0.15, 0.2) is 24.4 Å². The monoisotopic (exact) mass is 336 g/mol.